The fraction of sp³-hybridized carbons (Fsp3) is 0.333. The molecule has 0 aliphatic carbocycles. The first-order valence-corrected chi connectivity index (χ1v) is 4.77. The molecular formula is C9H10BrNO. The maximum absolute atomic E-state index is 9.40. The summed E-state index contributed by atoms with van der Waals surface area (Å²) in [6.45, 7) is 1.90. The zero-order valence-electron chi connectivity index (χ0n) is 6.60. The van der Waals surface area contributed by atoms with Gasteiger partial charge in [0.1, 0.15) is 5.75 Å². The van der Waals surface area contributed by atoms with Gasteiger partial charge in [0, 0.05) is 6.54 Å². The number of benzene rings is 1. The molecule has 0 aromatic heterocycles. The van der Waals surface area contributed by atoms with Crippen molar-refractivity contribution < 1.29 is 5.11 Å². The normalized spacial score (nSPS) is 15.8. The highest BCUT2D eigenvalue weighted by Crippen LogP contribution is 2.28. The van der Waals surface area contributed by atoms with Crippen LogP contribution < -0.4 is 5.32 Å². The Bertz CT molecular complexity index is 281. The molecule has 1 heterocycles. The molecule has 1 aliphatic rings. The Labute approximate surface area is 79.7 Å². The number of halogens is 1. The van der Waals surface area contributed by atoms with E-state index >= 15 is 0 Å². The number of rotatable bonds is 0. The lowest BCUT2D eigenvalue weighted by molar-refractivity contribution is 0.469. The van der Waals surface area contributed by atoms with E-state index in [1.165, 1.54) is 11.1 Å². The minimum absolute atomic E-state index is 0.331. The van der Waals surface area contributed by atoms with Crippen molar-refractivity contribution in [2.24, 2.45) is 0 Å². The molecule has 0 saturated carbocycles. The third-order valence-corrected chi connectivity index (χ3v) is 2.79. The topological polar surface area (TPSA) is 32.3 Å². The van der Waals surface area contributed by atoms with E-state index < -0.39 is 0 Å². The van der Waals surface area contributed by atoms with Gasteiger partial charge < -0.3 is 10.4 Å². The Morgan fingerprint density at radius 2 is 2.17 bits per heavy atom. The first-order valence-electron chi connectivity index (χ1n) is 3.98. The van der Waals surface area contributed by atoms with Gasteiger partial charge in [0.05, 0.1) is 4.47 Å². The maximum atomic E-state index is 9.40. The minimum Gasteiger partial charge on any atom is -0.507 e. The predicted octanol–water partition coefficient (Wildman–Crippen LogP) is 1.80. The number of aromatic hydroxyl groups is 1. The van der Waals surface area contributed by atoms with Crippen LogP contribution in [-0.2, 0) is 13.0 Å². The van der Waals surface area contributed by atoms with Crippen molar-refractivity contribution in [3.63, 3.8) is 0 Å². The van der Waals surface area contributed by atoms with Gasteiger partial charge in [-0.2, -0.15) is 0 Å². The molecule has 0 spiro atoms. The van der Waals surface area contributed by atoms with E-state index in [1.807, 2.05) is 12.1 Å². The highest BCUT2D eigenvalue weighted by Gasteiger charge is 2.10. The van der Waals surface area contributed by atoms with Crippen LogP contribution in [0.5, 0.6) is 5.75 Å². The molecule has 0 amide bonds. The summed E-state index contributed by atoms with van der Waals surface area (Å²) in [6.07, 6.45) is 1.05. The highest BCUT2D eigenvalue weighted by atomic mass is 79.9. The largest absolute Gasteiger partial charge is 0.507 e. The van der Waals surface area contributed by atoms with Gasteiger partial charge in [-0.1, -0.05) is 0 Å². The first-order chi connectivity index (χ1) is 5.77. The molecule has 0 fully saturated rings. The average Bonchev–Trinajstić information content (AvgIpc) is 2.07. The van der Waals surface area contributed by atoms with Crippen LogP contribution in [0.15, 0.2) is 16.6 Å². The summed E-state index contributed by atoms with van der Waals surface area (Å²) in [5.41, 5.74) is 2.54. The lowest BCUT2D eigenvalue weighted by Gasteiger charge is -2.17. The number of fused-ring (bicyclic) bond motifs is 1. The average molecular weight is 228 g/mol. The maximum Gasteiger partial charge on any atom is 0.130 e. The molecule has 1 aromatic carbocycles. The summed E-state index contributed by atoms with van der Waals surface area (Å²) >= 11 is 3.30. The lowest BCUT2D eigenvalue weighted by atomic mass is 10.0. The van der Waals surface area contributed by atoms with Gasteiger partial charge in [-0.15, -0.1) is 0 Å². The summed E-state index contributed by atoms with van der Waals surface area (Å²) < 4.78 is 0.795. The van der Waals surface area contributed by atoms with Gasteiger partial charge in [-0.25, -0.2) is 0 Å². The van der Waals surface area contributed by atoms with Crippen LogP contribution in [0.25, 0.3) is 0 Å². The number of nitrogens with one attached hydrogen (secondary N) is 1. The molecule has 2 N–H and O–H groups in total. The molecule has 3 heteroatoms. The van der Waals surface area contributed by atoms with Crippen molar-refractivity contribution in [1.29, 1.82) is 0 Å². The summed E-state index contributed by atoms with van der Waals surface area (Å²) in [6, 6.07) is 3.83. The molecule has 0 bridgehead atoms. The van der Waals surface area contributed by atoms with Gasteiger partial charge in [-0.05, 0) is 52.2 Å². The number of hydrogen-bond acceptors (Lipinski definition) is 2. The molecule has 0 saturated heterocycles. The van der Waals surface area contributed by atoms with Crippen LogP contribution in [0.1, 0.15) is 11.1 Å². The third kappa shape index (κ3) is 1.34. The molecule has 0 atom stereocenters. The fourth-order valence-corrected chi connectivity index (χ4v) is 1.88. The van der Waals surface area contributed by atoms with Crippen LogP contribution in [0.4, 0.5) is 0 Å². The monoisotopic (exact) mass is 227 g/mol. The second-order valence-electron chi connectivity index (χ2n) is 3.00. The molecule has 0 unspecified atom stereocenters. The second kappa shape index (κ2) is 3.07. The predicted molar refractivity (Wildman–Crippen MR) is 51.2 cm³/mol. The van der Waals surface area contributed by atoms with Crippen molar-refractivity contribution in [3.05, 3.63) is 27.7 Å². The van der Waals surface area contributed by atoms with Crippen molar-refractivity contribution in [3.8, 4) is 5.75 Å². The van der Waals surface area contributed by atoms with Crippen molar-refractivity contribution in [2.45, 2.75) is 13.0 Å². The quantitative estimate of drug-likeness (QED) is 0.709. The van der Waals surface area contributed by atoms with Crippen molar-refractivity contribution >= 4 is 15.9 Å². The van der Waals surface area contributed by atoms with E-state index in [0.717, 1.165) is 24.0 Å². The zero-order chi connectivity index (χ0) is 8.55. The SMILES string of the molecule is Oc1cc2c(cc1Br)CCNC2. The van der Waals surface area contributed by atoms with Gasteiger partial charge in [0.25, 0.3) is 0 Å². The Kier molecular flexibility index (Phi) is 2.07. The van der Waals surface area contributed by atoms with E-state index in [0.29, 0.717) is 5.75 Å². The third-order valence-electron chi connectivity index (χ3n) is 2.16. The van der Waals surface area contributed by atoms with Gasteiger partial charge in [0.15, 0.2) is 0 Å². The number of hydrogen-bond donors (Lipinski definition) is 2. The summed E-state index contributed by atoms with van der Waals surface area (Å²) in [4.78, 5) is 0. The molecule has 0 radical (unpaired) electrons. The van der Waals surface area contributed by atoms with Crippen LogP contribution in [0, 0.1) is 0 Å². The van der Waals surface area contributed by atoms with Crippen LogP contribution in [-0.4, -0.2) is 11.7 Å². The molecule has 2 rings (SSSR count). The second-order valence-corrected chi connectivity index (χ2v) is 3.85. The van der Waals surface area contributed by atoms with E-state index in [1.54, 1.807) is 0 Å². The number of phenolic OH excluding ortho intramolecular Hbond substituents is 1. The van der Waals surface area contributed by atoms with Gasteiger partial charge in [0.2, 0.25) is 0 Å². The van der Waals surface area contributed by atoms with E-state index in [9.17, 15) is 5.11 Å². The zero-order valence-corrected chi connectivity index (χ0v) is 8.19. The van der Waals surface area contributed by atoms with Gasteiger partial charge >= 0.3 is 0 Å². The molecule has 1 aliphatic heterocycles. The molecule has 1 aromatic rings. The Balaban J connectivity index is 2.49. The summed E-state index contributed by atoms with van der Waals surface area (Å²) in [5, 5.41) is 12.7. The number of phenols is 1. The minimum atomic E-state index is 0.331. The van der Waals surface area contributed by atoms with Crippen LogP contribution in [0.2, 0.25) is 0 Å². The Morgan fingerprint density at radius 1 is 1.33 bits per heavy atom. The summed E-state index contributed by atoms with van der Waals surface area (Å²) in [7, 11) is 0. The summed E-state index contributed by atoms with van der Waals surface area (Å²) in [5.74, 6) is 0.331. The molecule has 12 heavy (non-hydrogen) atoms. The van der Waals surface area contributed by atoms with Gasteiger partial charge in [-0.3, -0.25) is 0 Å². The van der Waals surface area contributed by atoms with Crippen molar-refractivity contribution in [2.75, 3.05) is 6.54 Å². The first kappa shape index (κ1) is 8.08. The molecule has 2 nitrogen and oxygen atoms in total. The van der Waals surface area contributed by atoms with E-state index in [4.69, 9.17) is 0 Å². The van der Waals surface area contributed by atoms with Crippen molar-refractivity contribution in [1.82, 2.24) is 5.32 Å². The Hall–Kier alpha value is -0.540. The fourth-order valence-electron chi connectivity index (χ4n) is 1.49. The van der Waals surface area contributed by atoms with E-state index in [2.05, 4.69) is 21.2 Å². The lowest BCUT2D eigenvalue weighted by Crippen LogP contribution is -2.23. The standard InChI is InChI=1S/C9H10BrNO/c10-8-3-6-1-2-11-5-7(6)4-9(8)12/h3-4,11-12H,1-2,5H2. The van der Waals surface area contributed by atoms with Crippen LogP contribution in [0.3, 0.4) is 0 Å². The molecular weight excluding hydrogens is 218 g/mol. The Morgan fingerprint density at radius 3 is 3.00 bits per heavy atom. The highest BCUT2D eigenvalue weighted by molar-refractivity contribution is 9.10. The molecule has 64 valence electrons. The van der Waals surface area contributed by atoms with E-state index in [-0.39, 0.29) is 0 Å². The van der Waals surface area contributed by atoms with Crippen LogP contribution >= 0.6 is 15.9 Å². The smallest absolute Gasteiger partial charge is 0.130 e.